The summed E-state index contributed by atoms with van der Waals surface area (Å²) in [6.07, 6.45) is 0. The Hall–Kier alpha value is -1.78. The lowest BCUT2D eigenvalue weighted by Gasteiger charge is -2.13. The number of nitrogens with two attached hydrogens (primary N) is 1. The molecule has 0 spiro atoms. The summed E-state index contributed by atoms with van der Waals surface area (Å²) in [6, 6.07) is 8.77. The minimum absolute atomic E-state index is 0.0931. The smallest absolute Gasteiger partial charge is 0.255 e. The van der Waals surface area contributed by atoms with Gasteiger partial charge in [-0.25, -0.2) is 0 Å². The van der Waals surface area contributed by atoms with E-state index in [9.17, 15) is 4.79 Å². The molecule has 1 aromatic heterocycles. The van der Waals surface area contributed by atoms with Gasteiger partial charge in [-0.2, -0.15) is 0 Å². The Morgan fingerprint density at radius 2 is 2.00 bits per heavy atom. The molecule has 5 heteroatoms. The molecule has 2 aromatic rings. The monoisotopic (exact) mass is 292 g/mol. The van der Waals surface area contributed by atoms with Crippen LogP contribution in [0.5, 0.6) is 5.75 Å². The van der Waals surface area contributed by atoms with Crippen LogP contribution in [0.2, 0.25) is 5.02 Å². The van der Waals surface area contributed by atoms with Crippen molar-refractivity contribution in [2.45, 2.75) is 13.0 Å². The number of aromatic nitrogens is 1. The highest BCUT2D eigenvalue weighted by atomic mass is 35.5. The predicted molar refractivity (Wildman–Crippen MR) is 81.3 cm³/mol. The van der Waals surface area contributed by atoms with E-state index in [1.807, 2.05) is 12.1 Å². The average molecular weight is 293 g/mol. The summed E-state index contributed by atoms with van der Waals surface area (Å²) in [5, 5.41) is 0.508. The molecule has 1 aromatic carbocycles. The van der Waals surface area contributed by atoms with Crippen LogP contribution in [-0.4, -0.2) is 11.7 Å². The van der Waals surface area contributed by atoms with E-state index in [2.05, 4.69) is 0 Å². The van der Waals surface area contributed by atoms with Gasteiger partial charge in [-0.1, -0.05) is 11.6 Å². The molecular formula is C15H17ClN2O2. The highest BCUT2D eigenvalue weighted by Gasteiger charge is 2.11. The molecule has 1 atom stereocenters. The number of pyridine rings is 1. The van der Waals surface area contributed by atoms with Crippen molar-refractivity contribution < 1.29 is 4.74 Å². The molecule has 2 N–H and O–H groups in total. The standard InChI is InChI=1S/C15H17ClN2O2/c1-9(17)11-5-6-13(18(2)15(11)19)10-4-7-14(20-3)12(16)8-10/h4-9H,17H2,1-3H3. The van der Waals surface area contributed by atoms with Gasteiger partial charge < -0.3 is 15.0 Å². The minimum Gasteiger partial charge on any atom is -0.495 e. The topological polar surface area (TPSA) is 57.2 Å². The van der Waals surface area contributed by atoms with E-state index in [0.717, 1.165) is 11.3 Å². The van der Waals surface area contributed by atoms with E-state index in [1.54, 1.807) is 43.8 Å². The molecule has 20 heavy (non-hydrogen) atoms. The Bertz CT molecular complexity index is 693. The molecular weight excluding hydrogens is 276 g/mol. The maximum Gasteiger partial charge on any atom is 0.255 e. The fourth-order valence-electron chi connectivity index (χ4n) is 2.12. The van der Waals surface area contributed by atoms with Crippen LogP contribution >= 0.6 is 11.6 Å². The van der Waals surface area contributed by atoms with Crippen LogP contribution in [0, 0.1) is 0 Å². The first-order valence-corrected chi connectivity index (χ1v) is 6.63. The van der Waals surface area contributed by atoms with Gasteiger partial charge in [-0.15, -0.1) is 0 Å². The summed E-state index contributed by atoms with van der Waals surface area (Å²) in [5.41, 5.74) is 7.92. The first-order chi connectivity index (χ1) is 9.45. The molecule has 4 nitrogen and oxygen atoms in total. The van der Waals surface area contributed by atoms with Crippen molar-refractivity contribution in [2.75, 3.05) is 7.11 Å². The Morgan fingerprint density at radius 1 is 1.30 bits per heavy atom. The summed E-state index contributed by atoms with van der Waals surface area (Å²) in [4.78, 5) is 12.2. The fraction of sp³-hybridized carbons (Fsp3) is 0.267. The van der Waals surface area contributed by atoms with Gasteiger partial charge in [0, 0.05) is 18.7 Å². The van der Waals surface area contributed by atoms with Gasteiger partial charge in [-0.3, -0.25) is 4.79 Å². The summed E-state index contributed by atoms with van der Waals surface area (Å²) < 4.78 is 6.70. The Kier molecular flexibility index (Phi) is 4.16. The lowest BCUT2D eigenvalue weighted by molar-refractivity contribution is 0.415. The van der Waals surface area contributed by atoms with Gasteiger partial charge in [0.1, 0.15) is 5.75 Å². The summed E-state index contributed by atoms with van der Waals surface area (Å²) >= 11 is 6.12. The van der Waals surface area contributed by atoms with E-state index in [-0.39, 0.29) is 11.6 Å². The normalized spacial score (nSPS) is 12.2. The van der Waals surface area contributed by atoms with E-state index < -0.39 is 0 Å². The molecule has 106 valence electrons. The number of ether oxygens (including phenoxy) is 1. The number of benzene rings is 1. The molecule has 1 heterocycles. The Morgan fingerprint density at radius 3 is 2.55 bits per heavy atom. The SMILES string of the molecule is COc1ccc(-c2ccc(C(C)N)c(=O)n2C)cc1Cl. The first-order valence-electron chi connectivity index (χ1n) is 6.25. The number of nitrogens with zero attached hydrogens (tertiary/aromatic N) is 1. The minimum atomic E-state index is -0.290. The van der Waals surface area contributed by atoms with Gasteiger partial charge in [0.05, 0.1) is 17.8 Å². The van der Waals surface area contributed by atoms with Crippen molar-refractivity contribution in [3.8, 4) is 17.0 Å². The predicted octanol–water partition coefficient (Wildman–Crippen LogP) is 2.73. The van der Waals surface area contributed by atoms with E-state index in [4.69, 9.17) is 22.1 Å². The largest absolute Gasteiger partial charge is 0.495 e. The maximum atomic E-state index is 12.2. The van der Waals surface area contributed by atoms with E-state index in [1.165, 1.54) is 0 Å². The van der Waals surface area contributed by atoms with Crippen LogP contribution in [-0.2, 0) is 7.05 Å². The summed E-state index contributed by atoms with van der Waals surface area (Å²) in [7, 11) is 3.29. The van der Waals surface area contributed by atoms with Gasteiger partial charge in [0.2, 0.25) is 0 Å². The van der Waals surface area contributed by atoms with Gasteiger partial charge >= 0.3 is 0 Å². The molecule has 0 radical (unpaired) electrons. The second kappa shape index (κ2) is 5.69. The summed E-state index contributed by atoms with van der Waals surface area (Å²) in [5.74, 6) is 0.604. The molecule has 0 bridgehead atoms. The molecule has 0 aliphatic rings. The van der Waals surface area contributed by atoms with Crippen molar-refractivity contribution in [1.82, 2.24) is 4.57 Å². The lowest BCUT2D eigenvalue weighted by Crippen LogP contribution is -2.26. The van der Waals surface area contributed by atoms with Crippen molar-refractivity contribution in [3.05, 3.63) is 51.3 Å². The van der Waals surface area contributed by atoms with Crippen LogP contribution in [0.3, 0.4) is 0 Å². The third kappa shape index (κ3) is 2.57. The van der Waals surface area contributed by atoms with Crippen LogP contribution in [0.25, 0.3) is 11.3 Å². The molecule has 0 aliphatic carbocycles. The molecule has 1 unspecified atom stereocenters. The number of hydrogen-bond acceptors (Lipinski definition) is 3. The molecule has 0 aliphatic heterocycles. The zero-order valence-corrected chi connectivity index (χ0v) is 12.4. The number of rotatable bonds is 3. The van der Waals surface area contributed by atoms with E-state index >= 15 is 0 Å². The number of halogens is 1. The Labute approximate surface area is 122 Å². The molecule has 0 amide bonds. The highest BCUT2D eigenvalue weighted by molar-refractivity contribution is 6.32. The maximum absolute atomic E-state index is 12.2. The van der Waals surface area contributed by atoms with Gasteiger partial charge in [-0.05, 0) is 42.8 Å². The van der Waals surface area contributed by atoms with Crippen LogP contribution in [0.1, 0.15) is 18.5 Å². The molecule has 2 rings (SSSR count). The second-order valence-corrected chi connectivity index (χ2v) is 5.08. The number of methoxy groups -OCH3 is 1. The average Bonchev–Trinajstić information content (AvgIpc) is 2.41. The third-order valence-electron chi connectivity index (χ3n) is 3.27. The van der Waals surface area contributed by atoms with Gasteiger partial charge in [0.25, 0.3) is 5.56 Å². The molecule has 0 saturated heterocycles. The van der Waals surface area contributed by atoms with Crippen molar-refractivity contribution in [1.29, 1.82) is 0 Å². The molecule has 0 saturated carbocycles. The number of hydrogen-bond donors (Lipinski definition) is 1. The molecule has 0 fully saturated rings. The van der Waals surface area contributed by atoms with Crippen molar-refractivity contribution >= 4 is 11.6 Å². The van der Waals surface area contributed by atoms with Crippen LogP contribution in [0.15, 0.2) is 35.1 Å². The lowest BCUT2D eigenvalue weighted by atomic mass is 10.1. The van der Waals surface area contributed by atoms with E-state index in [0.29, 0.717) is 16.3 Å². The summed E-state index contributed by atoms with van der Waals surface area (Å²) in [6.45, 7) is 1.79. The Balaban J connectivity index is 2.57. The second-order valence-electron chi connectivity index (χ2n) is 4.68. The first kappa shape index (κ1) is 14.6. The van der Waals surface area contributed by atoms with Crippen LogP contribution in [0.4, 0.5) is 0 Å². The van der Waals surface area contributed by atoms with Crippen molar-refractivity contribution in [3.63, 3.8) is 0 Å². The zero-order valence-electron chi connectivity index (χ0n) is 11.7. The van der Waals surface area contributed by atoms with Crippen LogP contribution < -0.4 is 16.0 Å². The quantitative estimate of drug-likeness (QED) is 0.946. The van der Waals surface area contributed by atoms with Gasteiger partial charge in [0.15, 0.2) is 0 Å². The highest BCUT2D eigenvalue weighted by Crippen LogP contribution is 2.29. The van der Waals surface area contributed by atoms with Crippen molar-refractivity contribution in [2.24, 2.45) is 12.8 Å². The zero-order chi connectivity index (χ0) is 14.9. The fourth-order valence-corrected chi connectivity index (χ4v) is 2.37. The third-order valence-corrected chi connectivity index (χ3v) is 3.57.